The highest BCUT2D eigenvalue weighted by Crippen LogP contribution is 2.20. The Hall–Kier alpha value is -2.41. The van der Waals surface area contributed by atoms with Crippen LogP contribution in [0.3, 0.4) is 0 Å². The number of fused-ring (bicyclic) bond motifs is 3. The first kappa shape index (κ1) is 14.5. The van der Waals surface area contributed by atoms with Crippen molar-refractivity contribution in [2.75, 3.05) is 6.54 Å². The second-order valence-corrected chi connectivity index (χ2v) is 6.03. The van der Waals surface area contributed by atoms with E-state index in [9.17, 15) is 9.90 Å². The van der Waals surface area contributed by atoms with Crippen LogP contribution in [0.2, 0.25) is 0 Å². The molecule has 0 bridgehead atoms. The van der Waals surface area contributed by atoms with E-state index in [1.54, 1.807) is 20.0 Å². The lowest BCUT2D eigenvalue weighted by Crippen LogP contribution is -2.31. The molecule has 0 aliphatic heterocycles. The summed E-state index contributed by atoms with van der Waals surface area (Å²) in [4.78, 5) is 26.8. The number of imidazole rings is 1. The van der Waals surface area contributed by atoms with E-state index in [1.807, 2.05) is 12.3 Å². The largest absolute Gasteiger partial charge is 0.390 e. The molecule has 0 saturated heterocycles. The Morgan fingerprint density at radius 3 is 3.05 bits per heavy atom. The molecule has 7 nitrogen and oxygen atoms in total. The Balaban J connectivity index is 1.70. The molecule has 7 heteroatoms. The van der Waals surface area contributed by atoms with Gasteiger partial charge in [0.05, 0.1) is 23.7 Å². The number of carbonyl (C=O) groups excluding carboxylic acids is 1. The second-order valence-electron chi connectivity index (χ2n) is 6.03. The molecule has 0 aliphatic carbocycles. The number of H-pyrrole nitrogens is 2. The zero-order chi connectivity index (χ0) is 15.7. The standard InChI is InChI=1S/C15H19N5O2/c1-15(2,22)4-6-16-12(21)7-11-19-10-8-18-14-9(3-5-17-14)13(10)20-11/h3,5,8,22H,4,6-7H2,1-2H3,(H,16,21)(H,17,18)(H,19,20). The molecule has 1 amide bonds. The van der Waals surface area contributed by atoms with E-state index < -0.39 is 5.60 Å². The van der Waals surface area contributed by atoms with Gasteiger partial charge in [0.2, 0.25) is 5.91 Å². The summed E-state index contributed by atoms with van der Waals surface area (Å²) in [5.41, 5.74) is 1.62. The van der Waals surface area contributed by atoms with Gasteiger partial charge in [-0.3, -0.25) is 4.79 Å². The van der Waals surface area contributed by atoms with Crippen molar-refractivity contribution in [2.24, 2.45) is 0 Å². The maximum atomic E-state index is 11.9. The molecule has 0 unspecified atom stereocenters. The number of nitrogens with zero attached hydrogens (tertiary/aromatic N) is 2. The molecule has 0 saturated carbocycles. The predicted molar refractivity (Wildman–Crippen MR) is 83.4 cm³/mol. The van der Waals surface area contributed by atoms with Gasteiger partial charge in [-0.25, -0.2) is 9.97 Å². The SMILES string of the molecule is CC(C)(O)CCNC(=O)Cc1nc2c(cnc3[nH]ccc32)[nH]1. The minimum Gasteiger partial charge on any atom is -0.390 e. The molecule has 3 rings (SSSR count). The van der Waals surface area contributed by atoms with Gasteiger partial charge in [-0.05, 0) is 26.3 Å². The van der Waals surface area contributed by atoms with Crippen LogP contribution in [0.4, 0.5) is 0 Å². The quantitative estimate of drug-likeness (QED) is 0.569. The highest BCUT2D eigenvalue weighted by Gasteiger charge is 2.14. The number of aromatic nitrogens is 4. The Kier molecular flexibility index (Phi) is 3.58. The topological polar surface area (TPSA) is 107 Å². The number of aromatic amines is 2. The van der Waals surface area contributed by atoms with Crippen LogP contribution in [-0.2, 0) is 11.2 Å². The van der Waals surface area contributed by atoms with E-state index in [2.05, 4.69) is 25.3 Å². The molecule has 0 aromatic carbocycles. The maximum Gasteiger partial charge on any atom is 0.227 e. The highest BCUT2D eigenvalue weighted by atomic mass is 16.3. The first-order valence-electron chi connectivity index (χ1n) is 7.22. The second kappa shape index (κ2) is 5.42. The van der Waals surface area contributed by atoms with Crippen LogP contribution in [-0.4, -0.2) is 43.1 Å². The lowest BCUT2D eigenvalue weighted by Gasteiger charge is -2.16. The lowest BCUT2D eigenvalue weighted by atomic mass is 10.1. The minimum absolute atomic E-state index is 0.124. The Morgan fingerprint density at radius 2 is 2.27 bits per heavy atom. The fourth-order valence-corrected chi connectivity index (χ4v) is 2.33. The van der Waals surface area contributed by atoms with Crippen molar-refractivity contribution in [3.8, 4) is 0 Å². The Labute approximate surface area is 127 Å². The van der Waals surface area contributed by atoms with Crippen LogP contribution >= 0.6 is 0 Å². The first-order valence-corrected chi connectivity index (χ1v) is 7.22. The van der Waals surface area contributed by atoms with Gasteiger partial charge in [0.25, 0.3) is 0 Å². The number of nitrogens with one attached hydrogen (secondary N) is 3. The van der Waals surface area contributed by atoms with Gasteiger partial charge in [-0.1, -0.05) is 0 Å². The summed E-state index contributed by atoms with van der Waals surface area (Å²) in [7, 11) is 0. The molecule has 4 N–H and O–H groups in total. The van der Waals surface area contributed by atoms with Gasteiger partial charge in [-0.15, -0.1) is 0 Å². The van der Waals surface area contributed by atoms with E-state index in [-0.39, 0.29) is 12.3 Å². The summed E-state index contributed by atoms with van der Waals surface area (Å²) >= 11 is 0. The maximum absolute atomic E-state index is 11.9. The van der Waals surface area contributed by atoms with Gasteiger partial charge < -0.3 is 20.4 Å². The van der Waals surface area contributed by atoms with Crippen LogP contribution in [0.15, 0.2) is 18.5 Å². The third kappa shape index (κ3) is 3.09. The van der Waals surface area contributed by atoms with Crippen molar-refractivity contribution in [1.29, 1.82) is 0 Å². The van der Waals surface area contributed by atoms with Gasteiger partial charge in [0.1, 0.15) is 17.0 Å². The zero-order valence-electron chi connectivity index (χ0n) is 12.6. The first-order chi connectivity index (χ1) is 10.4. The summed E-state index contributed by atoms with van der Waals surface area (Å²) in [5.74, 6) is 0.479. The average Bonchev–Trinajstić information content (AvgIpc) is 3.00. The van der Waals surface area contributed by atoms with E-state index >= 15 is 0 Å². The lowest BCUT2D eigenvalue weighted by molar-refractivity contribution is -0.120. The molecule has 0 spiro atoms. The molecular weight excluding hydrogens is 282 g/mol. The molecule has 3 aromatic heterocycles. The van der Waals surface area contributed by atoms with E-state index in [0.29, 0.717) is 18.8 Å². The molecule has 0 fully saturated rings. The number of pyridine rings is 1. The Bertz CT molecular complexity index is 812. The van der Waals surface area contributed by atoms with Gasteiger partial charge in [-0.2, -0.15) is 0 Å². The fraction of sp³-hybridized carbons (Fsp3) is 0.400. The molecular formula is C15H19N5O2. The highest BCUT2D eigenvalue weighted by molar-refractivity contribution is 6.00. The summed E-state index contributed by atoms with van der Waals surface area (Å²) in [6.45, 7) is 3.87. The smallest absolute Gasteiger partial charge is 0.227 e. The van der Waals surface area contributed by atoms with Crippen LogP contribution in [0.1, 0.15) is 26.1 Å². The van der Waals surface area contributed by atoms with Crippen LogP contribution in [0, 0.1) is 0 Å². The monoisotopic (exact) mass is 301 g/mol. The number of hydrogen-bond acceptors (Lipinski definition) is 4. The predicted octanol–water partition coefficient (Wildman–Crippen LogP) is 1.26. The number of rotatable bonds is 5. The molecule has 3 aromatic rings. The van der Waals surface area contributed by atoms with Gasteiger partial charge in [0.15, 0.2) is 0 Å². The van der Waals surface area contributed by atoms with Crippen LogP contribution in [0.25, 0.3) is 22.1 Å². The molecule has 0 radical (unpaired) electrons. The third-order valence-electron chi connectivity index (χ3n) is 3.47. The zero-order valence-corrected chi connectivity index (χ0v) is 12.6. The number of hydrogen-bond donors (Lipinski definition) is 4. The number of aliphatic hydroxyl groups is 1. The molecule has 0 atom stereocenters. The number of carbonyl (C=O) groups is 1. The van der Waals surface area contributed by atoms with Crippen molar-refractivity contribution < 1.29 is 9.90 Å². The summed E-state index contributed by atoms with van der Waals surface area (Å²) in [6, 6.07) is 1.92. The molecule has 22 heavy (non-hydrogen) atoms. The van der Waals surface area contributed by atoms with Crippen molar-refractivity contribution in [2.45, 2.75) is 32.3 Å². The minimum atomic E-state index is -0.780. The van der Waals surface area contributed by atoms with Crippen molar-refractivity contribution >= 4 is 28.0 Å². The third-order valence-corrected chi connectivity index (χ3v) is 3.47. The van der Waals surface area contributed by atoms with E-state index in [1.165, 1.54) is 0 Å². The summed E-state index contributed by atoms with van der Waals surface area (Å²) in [5, 5.41) is 13.3. The van der Waals surface area contributed by atoms with Crippen molar-refractivity contribution in [1.82, 2.24) is 25.3 Å². The van der Waals surface area contributed by atoms with E-state index in [0.717, 1.165) is 22.1 Å². The van der Waals surface area contributed by atoms with Gasteiger partial charge >= 0.3 is 0 Å². The van der Waals surface area contributed by atoms with Crippen LogP contribution < -0.4 is 5.32 Å². The van der Waals surface area contributed by atoms with E-state index in [4.69, 9.17) is 0 Å². The average molecular weight is 301 g/mol. The molecule has 116 valence electrons. The summed E-state index contributed by atoms with van der Waals surface area (Å²) in [6.07, 6.45) is 4.20. The Morgan fingerprint density at radius 1 is 1.45 bits per heavy atom. The van der Waals surface area contributed by atoms with Crippen molar-refractivity contribution in [3.63, 3.8) is 0 Å². The molecule has 3 heterocycles. The normalized spacial score (nSPS) is 12.1. The van der Waals surface area contributed by atoms with Crippen molar-refractivity contribution in [3.05, 3.63) is 24.3 Å². The molecule has 0 aliphatic rings. The number of amides is 1. The summed E-state index contributed by atoms with van der Waals surface area (Å²) < 4.78 is 0. The fourth-order valence-electron chi connectivity index (χ4n) is 2.33. The van der Waals surface area contributed by atoms with Gasteiger partial charge in [0, 0.05) is 18.1 Å². The van der Waals surface area contributed by atoms with Crippen LogP contribution in [0.5, 0.6) is 0 Å².